The van der Waals surface area contributed by atoms with Crippen LogP contribution in [-0.4, -0.2) is 32.3 Å². The number of non-ortho nitro benzene ring substituents is 1. The van der Waals surface area contributed by atoms with Gasteiger partial charge in [0.1, 0.15) is 6.54 Å². The molecule has 0 aliphatic rings. The van der Waals surface area contributed by atoms with Crippen LogP contribution in [0.2, 0.25) is 0 Å². The van der Waals surface area contributed by atoms with Crippen LogP contribution in [0.5, 0.6) is 0 Å². The highest BCUT2D eigenvalue weighted by Gasteiger charge is 2.27. The number of benzene rings is 3. The lowest BCUT2D eigenvalue weighted by Gasteiger charge is -2.24. The first-order valence-corrected chi connectivity index (χ1v) is 10.9. The van der Waals surface area contributed by atoms with E-state index in [0.29, 0.717) is 13.0 Å². The number of nitrogens with one attached hydrogen (secondary N) is 1. The van der Waals surface area contributed by atoms with Gasteiger partial charge in [-0.05, 0) is 36.2 Å². The molecule has 3 aromatic carbocycles. The van der Waals surface area contributed by atoms with E-state index in [1.165, 1.54) is 36.4 Å². The topological polar surface area (TPSA) is 110 Å². The Morgan fingerprint density at radius 3 is 2.06 bits per heavy atom. The average Bonchev–Trinajstić information content (AvgIpc) is 2.79. The summed E-state index contributed by atoms with van der Waals surface area (Å²) in [6, 6.07) is 22.3. The number of carbonyl (C=O) groups excluding carboxylic acids is 1. The molecule has 0 aliphatic carbocycles. The summed E-state index contributed by atoms with van der Waals surface area (Å²) in [5, 5.41) is 13.7. The SMILES string of the molecule is O=C(CN(c1ccc([N+](=O)[O-])cc1)S(=O)(=O)c1ccccc1)NCCc1ccccc1. The van der Waals surface area contributed by atoms with Gasteiger partial charge in [0.25, 0.3) is 15.7 Å². The molecule has 3 aromatic rings. The molecule has 31 heavy (non-hydrogen) atoms. The van der Waals surface area contributed by atoms with Gasteiger partial charge in [-0.1, -0.05) is 48.5 Å². The molecule has 8 nitrogen and oxygen atoms in total. The first kappa shape index (κ1) is 22.0. The Morgan fingerprint density at radius 1 is 0.903 bits per heavy atom. The second-order valence-electron chi connectivity index (χ2n) is 6.68. The van der Waals surface area contributed by atoms with E-state index >= 15 is 0 Å². The van der Waals surface area contributed by atoms with Gasteiger partial charge in [-0.2, -0.15) is 0 Å². The Balaban J connectivity index is 1.80. The summed E-state index contributed by atoms with van der Waals surface area (Å²) >= 11 is 0. The van der Waals surface area contributed by atoms with Crippen molar-refractivity contribution in [1.82, 2.24) is 5.32 Å². The van der Waals surface area contributed by atoms with Crippen LogP contribution in [0.3, 0.4) is 0 Å². The minimum Gasteiger partial charge on any atom is -0.354 e. The molecule has 0 saturated heterocycles. The average molecular weight is 439 g/mol. The first-order valence-electron chi connectivity index (χ1n) is 9.51. The van der Waals surface area contributed by atoms with Gasteiger partial charge in [-0.3, -0.25) is 19.2 Å². The van der Waals surface area contributed by atoms with E-state index in [1.807, 2.05) is 30.3 Å². The third-order valence-corrected chi connectivity index (χ3v) is 6.33. The van der Waals surface area contributed by atoms with Crippen molar-refractivity contribution in [3.05, 3.63) is 101 Å². The van der Waals surface area contributed by atoms with Crippen LogP contribution in [0.25, 0.3) is 0 Å². The maximum absolute atomic E-state index is 13.2. The van der Waals surface area contributed by atoms with Crippen LogP contribution in [0.1, 0.15) is 5.56 Å². The first-order chi connectivity index (χ1) is 14.9. The molecule has 0 unspecified atom stereocenters. The van der Waals surface area contributed by atoms with E-state index in [4.69, 9.17) is 0 Å². The maximum Gasteiger partial charge on any atom is 0.269 e. The fourth-order valence-electron chi connectivity index (χ4n) is 2.95. The summed E-state index contributed by atoms with van der Waals surface area (Å²) in [5.41, 5.74) is 1.03. The second kappa shape index (κ2) is 9.86. The van der Waals surface area contributed by atoms with Crippen molar-refractivity contribution in [2.24, 2.45) is 0 Å². The summed E-state index contributed by atoms with van der Waals surface area (Å²) in [5.74, 6) is -0.478. The van der Waals surface area contributed by atoms with E-state index in [2.05, 4.69) is 5.32 Å². The van der Waals surface area contributed by atoms with Gasteiger partial charge in [0.05, 0.1) is 15.5 Å². The number of amides is 1. The minimum atomic E-state index is -4.06. The third kappa shape index (κ3) is 5.67. The zero-order valence-electron chi connectivity index (χ0n) is 16.5. The number of hydrogen-bond acceptors (Lipinski definition) is 5. The molecule has 0 heterocycles. The Hall–Kier alpha value is -3.72. The van der Waals surface area contributed by atoms with Crippen molar-refractivity contribution in [1.29, 1.82) is 0 Å². The molecule has 0 spiro atoms. The lowest BCUT2D eigenvalue weighted by atomic mass is 10.1. The van der Waals surface area contributed by atoms with E-state index in [1.54, 1.807) is 18.2 Å². The van der Waals surface area contributed by atoms with Gasteiger partial charge in [-0.25, -0.2) is 8.42 Å². The lowest BCUT2D eigenvalue weighted by Crippen LogP contribution is -2.41. The van der Waals surface area contributed by atoms with Crippen molar-refractivity contribution >= 4 is 27.3 Å². The monoisotopic (exact) mass is 439 g/mol. The number of sulfonamides is 1. The van der Waals surface area contributed by atoms with Crippen LogP contribution in [0.4, 0.5) is 11.4 Å². The Labute approximate surface area is 180 Å². The zero-order chi connectivity index (χ0) is 22.3. The molecule has 0 saturated carbocycles. The molecule has 1 amide bonds. The van der Waals surface area contributed by atoms with Crippen LogP contribution in [-0.2, 0) is 21.2 Å². The third-order valence-electron chi connectivity index (χ3n) is 4.55. The fourth-order valence-corrected chi connectivity index (χ4v) is 4.39. The van der Waals surface area contributed by atoms with Crippen LogP contribution >= 0.6 is 0 Å². The molecular weight excluding hydrogens is 418 g/mol. The molecule has 1 N–H and O–H groups in total. The van der Waals surface area contributed by atoms with Crippen molar-refractivity contribution in [3.63, 3.8) is 0 Å². The van der Waals surface area contributed by atoms with Gasteiger partial charge in [0.15, 0.2) is 0 Å². The van der Waals surface area contributed by atoms with Crippen LogP contribution < -0.4 is 9.62 Å². The van der Waals surface area contributed by atoms with E-state index in [9.17, 15) is 23.3 Å². The van der Waals surface area contributed by atoms with Crippen molar-refractivity contribution in [3.8, 4) is 0 Å². The van der Waals surface area contributed by atoms with Crippen molar-refractivity contribution in [2.75, 3.05) is 17.4 Å². The molecule has 0 aliphatic heterocycles. The van der Waals surface area contributed by atoms with Gasteiger partial charge in [0.2, 0.25) is 5.91 Å². The standard InChI is InChI=1S/C22H21N3O5S/c26-22(23-16-15-18-7-3-1-4-8-18)17-24(19-11-13-20(14-12-19)25(27)28)31(29,30)21-9-5-2-6-10-21/h1-14H,15-17H2,(H,23,26). The Bertz CT molecular complexity index is 1130. The number of anilines is 1. The van der Waals surface area contributed by atoms with E-state index in [-0.39, 0.29) is 16.3 Å². The molecule has 3 rings (SSSR count). The highest BCUT2D eigenvalue weighted by molar-refractivity contribution is 7.92. The smallest absolute Gasteiger partial charge is 0.269 e. The molecule has 0 fully saturated rings. The largest absolute Gasteiger partial charge is 0.354 e. The number of carbonyl (C=O) groups is 1. The summed E-state index contributed by atoms with van der Waals surface area (Å²) in [7, 11) is -4.06. The number of rotatable bonds is 9. The van der Waals surface area contributed by atoms with Crippen LogP contribution in [0, 0.1) is 10.1 Å². The molecular formula is C22H21N3O5S. The summed E-state index contributed by atoms with van der Waals surface area (Å²) in [6.45, 7) is -0.105. The Morgan fingerprint density at radius 2 is 1.48 bits per heavy atom. The normalized spacial score (nSPS) is 11.0. The van der Waals surface area contributed by atoms with E-state index < -0.39 is 27.4 Å². The van der Waals surface area contributed by atoms with Gasteiger partial charge < -0.3 is 5.32 Å². The highest BCUT2D eigenvalue weighted by atomic mass is 32.2. The minimum absolute atomic E-state index is 0.0189. The predicted molar refractivity (Wildman–Crippen MR) is 117 cm³/mol. The summed E-state index contributed by atoms with van der Waals surface area (Å²) in [6.07, 6.45) is 0.607. The van der Waals surface area contributed by atoms with Crippen molar-refractivity contribution < 1.29 is 18.1 Å². The lowest BCUT2D eigenvalue weighted by molar-refractivity contribution is -0.384. The molecule has 0 aromatic heterocycles. The second-order valence-corrected chi connectivity index (χ2v) is 8.55. The molecule has 9 heteroatoms. The molecule has 0 atom stereocenters. The highest BCUT2D eigenvalue weighted by Crippen LogP contribution is 2.25. The van der Waals surface area contributed by atoms with Gasteiger partial charge >= 0.3 is 0 Å². The molecule has 160 valence electrons. The number of nitro benzene ring substituents is 1. The predicted octanol–water partition coefficient (Wildman–Crippen LogP) is 3.15. The number of nitrogens with zero attached hydrogens (tertiary/aromatic N) is 2. The molecule has 0 bridgehead atoms. The van der Waals surface area contributed by atoms with Gasteiger partial charge in [0, 0.05) is 18.7 Å². The Kier molecular flexibility index (Phi) is 6.99. The van der Waals surface area contributed by atoms with Gasteiger partial charge in [-0.15, -0.1) is 0 Å². The van der Waals surface area contributed by atoms with Crippen molar-refractivity contribution in [2.45, 2.75) is 11.3 Å². The quantitative estimate of drug-likeness (QED) is 0.407. The number of nitro groups is 1. The fraction of sp³-hybridized carbons (Fsp3) is 0.136. The van der Waals surface area contributed by atoms with Crippen LogP contribution in [0.15, 0.2) is 89.8 Å². The maximum atomic E-state index is 13.2. The van der Waals surface area contributed by atoms with E-state index in [0.717, 1.165) is 9.87 Å². The summed E-state index contributed by atoms with van der Waals surface area (Å²) in [4.78, 5) is 22.9. The number of hydrogen-bond donors (Lipinski definition) is 1. The molecule has 0 radical (unpaired) electrons. The summed E-state index contributed by atoms with van der Waals surface area (Å²) < 4.78 is 27.3. The zero-order valence-corrected chi connectivity index (χ0v) is 17.4.